The highest BCUT2D eigenvalue weighted by Gasteiger charge is 2.26. The summed E-state index contributed by atoms with van der Waals surface area (Å²) in [5.74, 6) is 0. The predicted octanol–water partition coefficient (Wildman–Crippen LogP) is 1.71. The normalized spacial score (nSPS) is 25.0. The van der Waals surface area contributed by atoms with Crippen LogP contribution in [0.25, 0.3) is 0 Å². The molecule has 1 aromatic rings. The molecule has 0 aliphatic carbocycles. The van der Waals surface area contributed by atoms with Crippen LogP contribution in [0.5, 0.6) is 0 Å². The van der Waals surface area contributed by atoms with Crippen LogP contribution in [-0.4, -0.2) is 27.0 Å². The molecular formula is C12H17IN2O2S. The molecule has 2 atom stereocenters. The minimum absolute atomic E-state index is 0.0263. The second-order valence-corrected chi connectivity index (χ2v) is 7.53. The van der Waals surface area contributed by atoms with Gasteiger partial charge in [0.25, 0.3) is 0 Å². The summed E-state index contributed by atoms with van der Waals surface area (Å²) in [4.78, 5) is 0.340. The van der Waals surface area contributed by atoms with E-state index in [1.54, 1.807) is 18.2 Å². The van der Waals surface area contributed by atoms with Crippen LogP contribution in [-0.2, 0) is 10.0 Å². The van der Waals surface area contributed by atoms with Gasteiger partial charge in [-0.1, -0.05) is 6.07 Å². The Balaban J connectivity index is 2.16. The van der Waals surface area contributed by atoms with Gasteiger partial charge in [0.2, 0.25) is 10.0 Å². The van der Waals surface area contributed by atoms with Gasteiger partial charge in [-0.15, -0.1) is 0 Å². The average Bonchev–Trinajstić information content (AvgIpc) is 2.32. The summed E-state index contributed by atoms with van der Waals surface area (Å²) in [7, 11) is -3.41. The van der Waals surface area contributed by atoms with Crippen molar-refractivity contribution in [1.82, 2.24) is 10.0 Å². The highest BCUT2D eigenvalue weighted by molar-refractivity contribution is 14.1. The Kier molecular flexibility index (Phi) is 4.63. The fraction of sp³-hybridized carbons (Fsp3) is 0.500. The van der Waals surface area contributed by atoms with Gasteiger partial charge in [0.15, 0.2) is 0 Å². The van der Waals surface area contributed by atoms with Crippen molar-refractivity contribution in [2.45, 2.75) is 36.7 Å². The summed E-state index contributed by atoms with van der Waals surface area (Å²) in [5, 5.41) is 3.29. The number of hydrogen-bond acceptors (Lipinski definition) is 3. The Morgan fingerprint density at radius 2 is 2.22 bits per heavy atom. The molecule has 1 aromatic carbocycles. The Morgan fingerprint density at radius 1 is 1.44 bits per heavy atom. The SMILES string of the molecule is CC1NCCCC1NS(=O)(=O)c1cccc(I)c1. The highest BCUT2D eigenvalue weighted by atomic mass is 127. The quantitative estimate of drug-likeness (QED) is 0.786. The van der Waals surface area contributed by atoms with Crippen molar-refractivity contribution >= 4 is 32.6 Å². The first-order chi connectivity index (χ1) is 8.49. The third-order valence-electron chi connectivity index (χ3n) is 3.17. The van der Waals surface area contributed by atoms with Crippen molar-refractivity contribution in [2.75, 3.05) is 6.54 Å². The zero-order chi connectivity index (χ0) is 13.2. The van der Waals surface area contributed by atoms with Gasteiger partial charge in [-0.25, -0.2) is 13.1 Å². The smallest absolute Gasteiger partial charge is 0.240 e. The monoisotopic (exact) mass is 380 g/mol. The lowest BCUT2D eigenvalue weighted by Gasteiger charge is -2.30. The third-order valence-corrected chi connectivity index (χ3v) is 5.33. The lowest BCUT2D eigenvalue weighted by molar-refractivity contribution is 0.349. The molecule has 1 saturated heterocycles. The predicted molar refractivity (Wildman–Crippen MR) is 80.0 cm³/mol. The van der Waals surface area contributed by atoms with Crippen LogP contribution in [0.2, 0.25) is 0 Å². The van der Waals surface area contributed by atoms with Crippen LogP contribution in [0.3, 0.4) is 0 Å². The second-order valence-electron chi connectivity index (χ2n) is 4.57. The summed E-state index contributed by atoms with van der Waals surface area (Å²) >= 11 is 2.12. The fourth-order valence-electron chi connectivity index (χ4n) is 2.11. The van der Waals surface area contributed by atoms with Gasteiger partial charge >= 0.3 is 0 Å². The van der Waals surface area contributed by atoms with Gasteiger partial charge in [0.05, 0.1) is 4.90 Å². The molecule has 0 saturated carbocycles. The summed E-state index contributed by atoms with van der Waals surface area (Å²) in [6, 6.07) is 7.11. The lowest BCUT2D eigenvalue weighted by Crippen LogP contribution is -2.51. The Labute approximate surface area is 122 Å². The zero-order valence-electron chi connectivity index (χ0n) is 10.2. The largest absolute Gasteiger partial charge is 0.313 e. The van der Waals surface area contributed by atoms with E-state index in [4.69, 9.17) is 0 Å². The van der Waals surface area contributed by atoms with Gasteiger partial charge in [0.1, 0.15) is 0 Å². The van der Waals surface area contributed by atoms with E-state index in [1.165, 1.54) is 0 Å². The van der Waals surface area contributed by atoms with E-state index < -0.39 is 10.0 Å². The molecule has 0 aromatic heterocycles. The molecule has 100 valence electrons. The third kappa shape index (κ3) is 3.43. The number of hydrogen-bond donors (Lipinski definition) is 2. The molecule has 0 bridgehead atoms. The van der Waals surface area contributed by atoms with Gasteiger partial charge in [-0.05, 0) is 67.1 Å². The number of piperidine rings is 1. The van der Waals surface area contributed by atoms with Crippen molar-refractivity contribution in [3.63, 3.8) is 0 Å². The van der Waals surface area contributed by atoms with E-state index in [0.717, 1.165) is 23.0 Å². The molecule has 1 aliphatic rings. The van der Waals surface area contributed by atoms with Crippen molar-refractivity contribution in [1.29, 1.82) is 0 Å². The Morgan fingerprint density at radius 3 is 2.89 bits per heavy atom. The summed E-state index contributed by atoms with van der Waals surface area (Å²) < 4.78 is 28.2. The van der Waals surface area contributed by atoms with Crippen molar-refractivity contribution in [3.8, 4) is 0 Å². The highest BCUT2D eigenvalue weighted by Crippen LogP contribution is 2.16. The van der Waals surface area contributed by atoms with Crippen molar-refractivity contribution in [2.24, 2.45) is 0 Å². The molecule has 0 amide bonds. The van der Waals surface area contributed by atoms with Crippen LogP contribution >= 0.6 is 22.6 Å². The topological polar surface area (TPSA) is 58.2 Å². The van der Waals surface area contributed by atoms with E-state index in [1.807, 2.05) is 13.0 Å². The maximum Gasteiger partial charge on any atom is 0.240 e. The Bertz CT molecular complexity index is 519. The van der Waals surface area contributed by atoms with Crippen LogP contribution in [0, 0.1) is 3.57 Å². The fourth-order valence-corrected chi connectivity index (χ4v) is 4.26. The number of rotatable bonds is 3. The molecule has 1 heterocycles. The molecule has 1 fully saturated rings. The molecule has 2 N–H and O–H groups in total. The van der Waals surface area contributed by atoms with Gasteiger partial charge < -0.3 is 5.32 Å². The molecule has 0 spiro atoms. The lowest BCUT2D eigenvalue weighted by atomic mass is 10.0. The maximum atomic E-state index is 12.3. The second kappa shape index (κ2) is 5.85. The summed E-state index contributed by atoms with van der Waals surface area (Å²) in [5.41, 5.74) is 0. The molecule has 2 rings (SSSR count). The van der Waals surface area contributed by atoms with Gasteiger partial charge in [-0.3, -0.25) is 0 Å². The minimum Gasteiger partial charge on any atom is -0.313 e. The first-order valence-electron chi connectivity index (χ1n) is 6.00. The van der Waals surface area contributed by atoms with Gasteiger partial charge in [0, 0.05) is 15.7 Å². The first-order valence-corrected chi connectivity index (χ1v) is 8.56. The van der Waals surface area contributed by atoms with E-state index >= 15 is 0 Å². The molecule has 0 radical (unpaired) electrons. The summed E-state index contributed by atoms with van der Waals surface area (Å²) in [6.45, 7) is 2.98. The molecule has 4 nitrogen and oxygen atoms in total. The Hall–Kier alpha value is -0.180. The van der Waals surface area contributed by atoms with Gasteiger partial charge in [-0.2, -0.15) is 0 Å². The van der Waals surface area contributed by atoms with Crippen molar-refractivity contribution in [3.05, 3.63) is 27.8 Å². The van der Waals surface area contributed by atoms with Crippen LogP contribution in [0.1, 0.15) is 19.8 Å². The van der Waals surface area contributed by atoms with Crippen LogP contribution < -0.4 is 10.0 Å². The standard InChI is InChI=1S/C12H17IN2O2S/c1-9-12(6-3-7-14-9)15-18(16,17)11-5-2-4-10(13)8-11/h2,4-5,8-9,12,14-15H,3,6-7H2,1H3. The van der Waals surface area contributed by atoms with Crippen LogP contribution in [0.4, 0.5) is 0 Å². The minimum atomic E-state index is -3.41. The van der Waals surface area contributed by atoms with E-state index in [0.29, 0.717) is 4.90 Å². The molecule has 18 heavy (non-hydrogen) atoms. The van der Waals surface area contributed by atoms with E-state index in [2.05, 4.69) is 32.6 Å². The molecule has 6 heteroatoms. The van der Waals surface area contributed by atoms with Crippen LogP contribution in [0.15, 0.2) is 29.2 Å². The number of halogens is 1. The number of sulfonamides is 1. The number of benzene rings is 1. The van der Waals surface area contributed by atoms with Crippen molar-refractivity contribution < 1.29 is 8.42 Å². The first kappa shape index (κ1) is 14.2. The maximum absolute atomic E-state index is 12.3. The molecule has 1 aliphatic heterocycles. The zero-order valence-corrected chi connectivity index (χ0v) is 13.2. The molecular weight excluding hydrogens is 363 g/mol. The van der Waals surface area contributed by atoms with E-state index in [9.17, 15) is 8.42 Å². The summed E-state index contributed by atoms with van der Waals surface area (Å²) in [6.07, 6.45) is 1.89. The molecule has 2 unspecified atom stereocenters. The average molecular weight is 380 g/mol. The van der Waals surface area contributed by atoms with E-state index in [-0.39, 0.29) is 12.1 Å². The number of nitrogens with one attached hydrogen (secondary N) is 2.